The molecule has 0 saturated heterocycles. The Morgan fingerprint density at radius 2 is 1.72 bits per heavy atom. The molecule has 0 aliphatic rings. The molecule has 0 bridgehead atoms. The van der Waals surface area contributed by atoms with Gasteiger partial charge in [-0.1, -0.05) is 0 Å². The summed E-state index contributed by atoms with van der Waals surface area (Å²) < 4.78 is 27.1. The second-order valence-corrected chi connectivity index (χ2v) is 3.37. The van der Waals surface area contributed by atoms with Crippen LogP contribution in [0.2, 0.25) is 0 Å². The molecule has 0 unspecified atom stereocenters. The van der Waals surface area contributed by atoms with Crippen molar-refractivity contribution in [3.63, 3.8) is 0 Å². The van der Waals surface area contributed by atoms with Gasteiger partial charge in [0.25, 0.3) is 0 Å². The molecule has 0 radical (unpaired) electrons. The topological polar surface area (TPSA) is 75.1 Å². The Kier molecular flexibility index (Phi) is 3.13. The number of nitrogens with one attached hydrogen (secondary N) is 1. The maximum absolute atomic E-state index is 13.6. The predicted octanol–water partition coefficient (Wildman–Crippen LogP) is 2.20. The van der Waals surface area contributed by atoms with Gasteiger partial charge in [-0.15, -0.1) is 0 Å². The number of aromatic nitrogens is 2. The summed E-state index contributed by atoms with van der Waals surface area (Å²) in [6.07, 6.45) is 3.93. The van der Waals surface area contributed by atoms with E-state index < -0.39 is 28.9 Å². The van der Waals surface area contributed by atoms with Crippen molar-refractivity contribution >= 4 is 17.3 Å². The fraction of sp³-hybridized carbons (Fsp3) is 0. The van der Waals surface area contributed by atoms with Gasteiger partial charge in [0.2, 0.25) is 0 Å². The van der Waals surface area contributed by atoms with Gasteiger partial charge >= 0.3 is 5.97 Å². The van der Waals surface area contributed by atoms with E-state index in [-0.39, 0.29) is 0 Å². The first-order valence-corrected chi connectivity index (χ1v) is 4.82. The monoisotopic (exact) mass is 251 g/mol. The molecule has 0 aliphatic heterocycles. The smallest absolute Gasteiger partial charge is 0.335 e. The lowest BCUT2D eigenvalue weighted by atomic mass is 10.2. The number of hydrogen-bond acceptors (Lipinski definition) is 4. The molecule has 2 aromatic rings. The van der Waals surface area contributed by atoms with Crippen LogP contribution in [0.4, 0.5) is 20.2 Å². The summed E-state index contributed by atoms with van der Waals surface area (Å²) in [5, 5.41) is 11.1. The molecular formula is C11H7F2N3O2. The van der Waals surface area contributed by atoms with Crippen LogP contribution in [0.25, 0.3) is 0 Å². The lowest BCUT2D eigenvalue weighted by Crippen LogP contribution is -2.03. The van der Waals surface area contributed by atoms with E-state index >= 15 is 0 Å². The van der Waals surface area contributed by atoms with Gasteiger partial charge < -0.3 is 10.4 Å². The van der Waals surface area contributed by atoms with Crippen molar-refractivity contribution in [3.05, 3.63) is 48.1 Å². The van der Waals surface area contributed by atoms with Gasteiger partial charge in [0, 0.05) is 0 Å². The Morgan fingerprint density at radius 3 is 2.22 bits per heavy atom. The summed E-state index contributed by atoms with van der Waals surface area (Å²) in [4.78, 5) is 17.9. The number of anilines is 2. The van der Waals surface area contributed by atoms with Crippen LogP contribution in [0.1, 0.15) is 10.4 Å². The third kappa shape index (κ3) is 2.40. The highest BCUT2D eigenvalue weighted by molar-refractivity contribution is 5.88. The standard InChI is InChI=1S/C11H7F2N3O2/c12-8-1-6(11(17)18)2-9(13)10(8)16-7-3-14-5-15-4-7/h1-5,16H,(H,17,18). The van der Waals surface area contributed by atoms with E-state index in [1.54, 1.807) is 0 Å². The molecule has 0 fully saturated rings. The van der Waals surface area contributed by atoms with Crippen LogP contribution in [0.3, 0.4) is 0 Å². The van der Waals surface area contributed by atoms with Gasteiger partial charge in [0.1, 0.15) is 12.0 Å². The minimum Gasteiger partial charge on any atom is -0.478 e. The zero-order valence-corrected chi connectivity index (χ0v) is 8.89. The summed E-state index contributed by atoms with van der Waals surface area (Å²) in [7, 11) is 0. The largest absolute Gasteiger partial charge is 0.478 e. The number of carbonyl (C=O) groups is 1. The molecule has 1 heterocycles. The third-order valence-corrected chi connectivity index (χ3v) is 2.12. The van der Waals surface area contributed by atoms with Gasteiger partial charge in [-0.05, 0) is 12.1 Å². The molecule has 2 N–H and O–H groups in total. The number of benzene rings is 1. The van der Waals surface area contributed by atoms with E-state index in [1.807, 2.05) is 0 Å². The number of halogens is 2. The number of carboxylic acids is 1. The van der Waals surface area contributed by atoms with Gasteiger partial charge in [0.05, 0.1) is 23.6 Å². The highest BCUT2D eigenvalue weighted by Crippen LogP contribution is 2.24. The Labute approximate surface area is 100 Å². The lowest BCUT2D eigenvalue weighted by Gasteiger charge is -2.08. The predicted molar refractivity (Wildman–Crippen MR) is 58.6 cm³/mol. The quantitative estimate of drug-likeness (QED) is 0.874. The number of hydrogen-bond donors (Lipinski definition) is 2. The van der Waals surface area contributed by atoms with Gasteiger partial charge in [-0.3, -0.25) is 0 Å². The van der Waals surface area contributed by atoms with Crippen LogP contribution in [-0.2, 0) is 0 Å². The fourth-order valence-corrected chi connectivity index (χ4v) is 1.32. The molecule has 0 aliphatic carbocycles. The van der Waals surface area contributed by atoms with E-state index in [4.69, 9.17) is 5.11 Å². The van der Waals surface area contributed by atoms with E-state index in [0.29, 0.717) is 5.69 Å². The number of nitrogens with zero attached hydrogens (tertiary/aromatic N) is 2. The maximum atomic E-state index is 13.6. The molecule has 0 amide bonds. The molecule has 0 atom stereocenters. The Bertz CT molecular complexity index is 567. The van der Waals surface area contributed by atoms with Crippen molar-refractivity contribution in [3.8, 4) is 0 Å². The highest BCUT2D eigenvalue weighted by Gasteiger charge is 2.14. The normalized spacial score (nSPS) is 10.1. The van der Waals surface area contributed by atoms with Gasteiger partial charge in [0.15, 0.2) is 11.6 Å². The molecule has 92 valence electrons. The van der Waals surface area contributed by atoms with Gasteiger partial charge in [-0.2, -0.15) is 0 Å². The van der Waals surface area contributed by atoms with Crippen LogP contribution in [0, 0.1) is 11.6 Å². The number of rotatable bonds is 3. The van der Waals surface area contributed by atoms with Crippen LogP contribution in [0.5, 0.6) is 0 Å². The second-order valence-electron chi connectivity index (χ2n) is 3.37. The Hall–Kier alpha value is -2.57. The van der Waals surface area contributed by atoms with Crippen molar-refractivity contribution in [1.82, 2.24) is 9.97 Å². The highest BCUT2D eigenvalue weighted by atomic mass is 19.1. The summed E-state index contributed by atoms with van der Waals surface area (Å²) >= 11 is 0. The van der Waals surface area contributed by atoms with Crippen LogP contribution >= 0.6 is 0 Å². The van der Waals surface area contributed by atoms with Crippen molar-refractivity contribution in [2.24, 2.45) is 0 Å². The first-order valence-electron chi connectivity index (χ1n) is 4.82. The van der Waals surface area contributed by atoms with E-state index in [9.17, 15) is 13.6 Å². The van der Waals surface area contributed by atoms with Crippen molar-refractivity contribution in [2.45, 2.75) is 0 Å². The Balaban J connectivity index is 2.37. The Morgan fingerprint density at radius 1 is 1.17 bits per heavy atom. The molecule has 1 aromatic heterocycles. The van der Waals surface area contributed by atoms with Crippen molar-refractivity contribution in [2.75, 3.05) is 5.32 Å². The summed E-state index contributed by atoms with van der Waals surface area (Å²) in [5.74, 6) is -3.41. The second kappa shape index (κ2) is 4.74. The van der Waals surface area contributed by atoms with E-state index in [1.165, 1.54) is 18.7 Å². The minimum atomic E-state index is -1.40. The van der Waals surface area contributed by atoms with E-state index in [2.05, 4.69) is 15.3 Å². The molecule has 0 spiro atoms. The summed E-state index contributed by atoms with van der Waals surface area (Å²) in [6.45, 7) is 0. The summed E-state index contributed by atoms with van der Waals surface area (Å²) in [6, 6.07) is 1.47. The minimum absolute atomic E-state index is 0.290. The lowest BCUT2D eigenvalue weighted by molar-refractivity contribution is 0.0696. The summed E-state index contributed by atoms with van der Waals surface area (Å²) in [5.41, 5.74) is -0.618. The van der Waals surface area contributed by atoms with Crippen LogP contribution in [0.15, 0.2) is 30.9 Å². The fourth-order valence-electron chi connectivity index (χ4n) is 1.32. The number of carboxylic acid groups (broad SMARTS) is 1. The molecule has 18 heavy (non-hydrogen) atoms. The average Bonchev–Trinajstić information content (AvgIpc) is 2.34. The molecule has 2 rings (SSSR count). The average molecular weight is 251 g/mol. The first-order chi connectivity index (χ1) is 8.58. The SMILES string of the molecule is O=C(O)c1cc(F)c(Nc2cncnc2)c(F)c1. The number of aromatic carboxylic acids is 1. The zero-order valence-electron chi connectivity index (χ0n) is 8.89. The molecule has 0 saturated carbocycles. The zero-order chi connectivity index (χ0) is 13.1. The molecule has 7 heteroatoms. The third-order valence-electron chi connectivity index (χ3n) is 2.12. The van der Waals surface area contributed by atoms with Crippen LogP contribution in [-0.4, -0.2) is 21.0 Å². The van der Waals surface area contributed by atoms with Gasteiger partial charge in [-0.25, -0.2) is 23.5 Å². The molecule has 1 aromatic carbocycles. The first kappa shape index (κ1) is 11.9. The molecular weight excluding hydrogens is 244 g/mol. The van der Waals surface area contributed by atoms with E-state index in [0.717, 1.165) is 12.1 Å². The molecule has 5 nitrogen and oxygen atoms in total. The van der Waals surface area contributed by atoms with Crippen molar-refractivity contribution in [1.29, 1.82) is 0 Å². The maximum Gasteiger partial charge on any atom is 0.335 e. The van der Waals surface area contributed by atoms with Crippen LogP contribution < -0.4 is 5.32 Å². The van der Waals surface area contributed by atoms with Crippen molar-refractivity contribution < 1.29 is 18.7 Å².